The van der Waals surface area contributed by atoms with Crippen LogP contribution in [0.3, 0.4) is 0 Å². The maximum atomic E-state index is 12.1. The van der Waals surface area contributed by atoms with E-state index >= 15 is 0 Å². The van der Waals surface area contributed by atoms with Gasteiger partial charge in [-0.1, -0.05) is 26.0 Å². The molecule has 0 aromatic carbocycles. The van der Waals surface area contributed by atoms with Gasteiger partial charge in [0, 0.05) is 13.2 Å². The molecule has 0 fully saturated rings. The highest BCUT2D eigenvalue weighted by molar-refractivity contribution is 5.85. The molecule has 2 unspecified atom stereocenters. The van der Waals surface area contributed by atoms with Crippen LogP contribution in [0.2, 0.25) is 0 Å². The maximum absolute atomic E-state index is 12.1. The molecular weight excluding hydrogens is 246 g/mol. The number of aliphatic hydroxyl groups is 1. The Morgan fingerprint density at radius 2 is 1.84 bits per heavy atom. The molecule has 0 heterocycles. The monoisotopic (exact) mass is 269 g/mol. The molecular formula is C14H23NO4. The van der Waals surface area contributed by atoms with Gasteiger partial charge in [-0.05, 0) is 24.7 Å². The number of aliphatic carboxylic acids is 1. The smallest absolute Gasteiger partial charge is 0.307 e. The van der Waals surface area contributed by atoms with Crippen LogP contribution in [0.4, 0.5) is 0 Å². The number of carbonyl (C=O) groups excluding carboxylic acids is 1. The fourth-order valence-corrected chi connectivity index (χ4v) is 2.23. The highest BCUT2D eigenvalue weighted by atomic mass is 16.4. The van der Waals surface area contributed by atoms with Gasteiger partial charge in [0.05, 0.1) is 11.8 Å². The average molecular weight is 269 g/mol. The highest BCUT2D eigenvalue weighted by Gasteiger charge is 2.34. The van der Waals surface area contributed by atoms with E-state index in [1.165, 1.54) is 0 Å². The minimum atomic E-state index is -0.917. The molecule has 108 valence electrons. The van der Waals surface area contributed by atoms with Crippen molar-refractivity contribution in [3.05, 3.63) is 12.2 Å². The fraction of sp³-hybridized carbons (Fsp3) is 0.714. The number of carboxylic acid groups (broad SMARTS) is 1. The third-order valence-corrected chi connectivity index (χ3v) is 3.62. The van der Waals surface area contributed by atoms with Crippen molar-refractivity contribution in [3.63, 3.8) is 0 Å². The first-order valence-corrected chi connectivity index (χ1v) is 6.64. The number of hydrogen-bond donors (Lipinski definition) is 3. The SMILES string of the molecule is CC(C)(CCO)CNC(=O)C1CC=CCC1C(=O)O. The summed E-state index contributed by atoms with van der Waals surface area (Å²) in [5, 5.41) is 20.9. The molecule has 5 heteroatoms. The lowest BCUT2D eigenvalue weighted by molar-refractivity contribution is -0.147. The predicted molar refractivity (Wildman–Crippen MR) is 71.5 cm³/mol. The molecule has 0 aromatic rings. The summed E-state index contributed by atoms with van der Waals surface area (Å²) in [7, 11) is 0. The van der Waals surface area contributed by atoms with E-state index in [1.807, 2.05) is 26.0 Å². The number of allylic oxidation sites excluding steroid dienone is 2. The van der Waals surface area contributed by atoms with Gasteiger partial charge in [-0.25, -0.2) is 0 Å². The molecule has 3 N–H and O–H groups in total. The summed E-state index contributed by atoms with van der Waals surface area (Å²) in [5.74, 6) is -2.25. The van der Waals surface area contributed by atoms with E-state index in [9.17, 15) is 9.59 Å². The lowest BCUT2D eigenvalue weighted by Gasteiger charge is -2.28. The van der Waals surface area contributed by atoms with Crippen molar-refractivity contribution in [2.75, 3.05) is 13.2 Å². The number of aliphatic hydroxyl groups excluding tert-OH is 1. The van der Waals surface area contributed by atoms with E-state index in [1.54, 1.807) is 0 Å². The first-order chi connectivity index (χ1) is 8.87. The van der Waals surface area contributed by atoms with Crippen LogP contribution in [0.15, 0.2) is 12.2 Å². The molecule has 0 radical (unpaired) electrons. The van der Waals surface area contributed by atoms with Crippen LogP contribution < -0.4 is 5.32 Å². The molecule has 1 rings (SSSR count). The number of carbonyl (C=O) groups is 2. The number of carboxylic acids is 1. The van der Waals surface area contributed by atoms with E-state index < -0.39 is 17.8 Å². The molecule has 1 aliphatic rings. The van der Waals surface area contributed by atoms with Crippen LogP contribution in [0.1, 0.15) is 33.1 Å². The van der Waals surface area contributed by atoms with Gasteiger partial charge >= 0.3 is 5.97 Å². The highest BCUT2D eigenvalue weighted by Crippen LogP contribution is 2.26. The minimum absolute atomic E-state index is 0.0762. The van der Waals surface area contributed by atoms with Crippen molar-refractivity contribution in [2.24, 2.45) is 17.3 Å². The topological polar surface area (TPSA) is 86.6 Å². The van der Waals surface area contributed by atoms with Crippen LogP contribution in [0.5, 0.6) is 0 Å². The Morgan fingerprint density at radius 3 is 2.37 bits per heavy atom. The van der Waals surface area contributed by atoms with Gasteiger partial charge in [0.1, 0.15) is 0 Å². The fourth-order valence-electron chi connectivity index (χ4n) is 2.23. The quantitative estimate of drug-likeness (QED) is 0.632. The number of nitrogens with one attached hydrogen (secondary N) is 1. The summed E-state index contributed by atoms with van der Waals surface area (Å²) in [6, 6.07) is 0. The normalized spacial score (nSPS) is 23.1. The third kappa shape index (κ3) is 4.67. The summed E-state index contributed by atoms with van der Waals surface area (Å²) in [5.41, 5.74) is -0.187. The number of rotatable bonds is 6. The Morgan fingerprint density at radius 1 is 1.26 bits per heavy atom. The van der Waals surface area contributed by atoms with Crippen molar-refractivity contribution in [1.82, 2.24) is 5.32 Å². The first kappa shape index (κ1) is 15.7. The van der Waals surface area contributed by atoms with Crippen molar-refractivity contribution < 1.29 is 19.8 Å². The summed E-state index contributed by atoms with van der Waals surface area (Å²) in [4.78, 5) is 23.2. The van der Waals surface area contributed by atoms with Gasteiger partial charge in [-0.3, -0.25) is 9.59 Å². The zero-order valence-corrected chi connectivity index (χ0v) is 11.6. The van der Waals surface area contributed by atoms with Gasteiger partial charge in [0.15, 0.2) is 0 Å². The Balaban J connectivity index is 2.57. The molecule has 0 spiro atoms. The van der Waals surface area contributed by atoms with Crippen LogP contribution in [0.25, 0.3) is 0 Å². The molecule has 0 bridgehead atoms. The Kier molecular flexibility index (Phi) is 5.54. The molecule has 2 atom stereocenters. The standard InChI is InChI=1S/C14H23NO4/c1-14(2,7-8-16)9-15-12(17)10-5-3-4-6-11(10)13(18)19/h3-4,10-11,16H,5-9H2,1-2H3,(H,15,17)(H,18,19). The zero-order chi connectivity index (χ0) is 14.5. The Bertz CT molecular complexity index is 362. The second-order valence-electron chi connectivity index (χ2n) is 5.85. The van der Waals surface area contributed by atoms with Gasteiger partial charge in [0.2, 0.25) is 5.91 Å². The van der Waals surface area contributed by atoms with Crippen molar-refractivity contribution >= 4 is 11.9 Å². The van der Waals surface area contributed by atoms with Crippen LogP contribution in [-0.2, 0) is 9.59 Å². The van der Waals surface area contributed by atoms with Crippen LogP contribution in [0, 0.1) is 17.3 Å². The van der Waals surface area contributed by atoms with Gasteiger partial charge < -0.3 is 15.5 Å². The molecule has 1 aliphatic carbocycles. The Hall–Kier alpha value is -1.36. The minimum Gasteiger partial charge on any atom is -0.481 e. The third-order valence-electron chi connectivity index (χ3n) is 3.62. The lowest BCUT2D eigenvalue weighted by Crippen LogP contribution is -2.42. The van der Waals surface area contributed by atoms with E-state index in [2.05, 4.69) is 5.32 Å². The largest absolute Gasteiger partial charge is 0.481 e. The van der Waals surface area contributed by atoms with Crippen LogP contribution in [-0.4, -0.2) is 35.2 Å². The van der Waals surface area contributed by atoms with Crippen molar-refractivity contribution in [3.8, 4) is 0 Å². The van der Waals surface area contributed by atoms with Gasteiger partial charge in [0.25, 0.3) is 0 Å². The van der Waals surface area contributed by atoms with Crippen molar-refractivity contribution in [2.45, 2.75) is 33.1 Å². The van der Waals surface area contributed by atoms with Gasteiger partial charge in [-0.15, -0.1) is 0 Å². The summed E-state index contributed by atoms with van der Waals surface area (Å²) in [6.45, 7) is 4.43. The molecule has 5 nitrogen and oxygen atoms in total. The lowest BCUT2D eigenvalue weighted by atomic mass is 9.82. The summed E-state index contributed by atoms with van der Waals surface area (Å²) < 4.78 is 0. The van der Waals surface area contributed by atoms with Crippen molar-refractivity contribution in [1.29, 1.82) is 0 Å². The molecule has 0 saturated heterocycles. The van der Waals surface area contributed by atoms with E-state index in [0.717, 1.165) is 0 Å². The molecule has 0 saturated carbocycles. The van der Waals surface area contributed by atoms with E-state index in [4.69, 9.17) is 10.2 Å². The zero-order valence-electron chi connectivity index (χ0n) is 11.6. The van der Waals surface area contributed by atoms with E-state index in [-0.39, 0.29) is 17.9 Å². The predicted octanol–water partition coefficient (Wildman–Crippen LogP) is 1.18. The second kappa shape index (κ2) is 6.70. The van der Waals surface area contributed by atoms with E-state index in [0.29, 0.717) is 25.8 Å². The van der Waals surface area contributed by atoms with Crippen LogP contribution >= 0.6 is 0 Å². The molecule has 1 amide bonds. The maximum Gasteiger partial charge on any atom is 0.307 e. The molecule has 19 heavy (non-hydrogen) atoms. The summed E-state index contributed by atoms with van der Waals surface area (Å²) >= 11 is 0. The molecule has 0 aliphatic heterocycles. The number of hydrogen-bond acceptors (Lipinski definition) is 3. The average Bonchev–Trinajstić information content (AvgIpc) is 2.36. The first-order valence-electron chi connectivity index (χ1n) is 6.64. The Labute approximate surface area is 113 Å². The number of amides is 1. The second-order valence-corrected chi connectivity index (χ2v) is 5.85. The van der Waals surface area contributed by atoms with Gasteiger partial charge in [-0.2, -0.15) is 0 Å². The summed E-state index contributed by atoms with van der Waals surface area (Å²) in [6.07, 6.45) is 5.16. The molecule has 0 aromatic heterocycles.